The lowest BCUT2D eigenvalue weighted by molar-refractivity contribution is 0.0505. The van der Waals surface area contributed by atoms with Crippen LogP contribution in [-0.2, 0) is 4.74 Å². The number of halogens is 3. The van der Waals surface area contributed by atoms with E-state index in [2.05, 4.69) is 5.32 Å². The van der Waals surface area contributed by atoms with E-state index in [1.807, 2.05) is 6.92 Å². The summed E-state index contributed by atoms with van der Waals surface area (Å²) in [5, 5.41) is 3.58. The summed E-state index contributed by atoms with van der Waals surface area (Å²) < 4.78 is 5.03. The summed E-state index contributed by atoms with van der Waals surface area (Å²) in [4.78, 5) is 24.0. The largest absolute Gasteiger partial charge is 0.462 e. The highest BCUT2D eigenvalue weighted by atomic mass is 35.5. The highest BCUT2D eigenvalue weighted by Gasteiger charge is 2.13. The minimum atomic E-state index is -0.460. The van der Waals surface area contributed by atoms with Crippen molar-refractivity contribution in [1.29, 1.82) is 0 Å². The van der Waals surface area contributed by atoms with Crippen LogP contribution in [0.5, 0.6) is 0 Å². The fraction of sp³-hybridized carbons (Fsp3) is 0.176. The number of benzene rings is 2. The highest BCUT2D eigenvalue weighted by molar-refractivity contribution is 6.36. The predicted octanol–water partition coefficient (Wildman–Crippen LogP) is 5.47. The van der Waals surface area contributed by atoms with Crippen LogP contribution in [0.4, 0.5) is 5.69 Å². The van der Waals surface area contributed by atoms with Crippen molar-refractivity contribution in [2.45, 2.75) is 13.3 Å². The summed E-state index contributed by atoms with van der Waals surface area (Å²) >= 11 is 17.9. The van der Waals surface area contributed by atoms with Crippen molar-refractivity contribution in [2.24, 2.45) is 0 Å². The van der Waals surface area contributed by atoms with Gasteiger partial charge >= 0.3 is 5.97 Å². The van der Waals surface area contributed by atoms with Crippen molar-refractivity contribution in [3.8, 4) is 0 Å². The Kier molecular flexibility index (Phi) is 6.49. The van der Waals surface area contributed by atoms with Crippen molar-refractivity contribution in [3.63, 3.8) is 0 Å². The molecule has 0 aliphatic heterocycles. The lowest BCUT2D eigenvalue weighted by Crippen LogP contribution is -2.13. The molecule has 0 spiro atoms. The average Bonchev–Trinajstić information content (AvgIpc) is 2.53. The predicted molar refractivity (Wildman–Crippen MR) is 96.4 cm³/mol. The third kappa shape index (κ3) is 4.87. The minimum Gasteiger partial charge on any atom is -0.462 e. The highest BCUT2D eigenvalue weighted by Crippen LogP contribution is 2.25. The van der Waals surface area contributed by atoms with Crippen LogP contribution in [0.15, 0.2) is 36.4 Å². The number of carbonyl (C=O) groups is 2. The topological polar surface area (TPSA) is 55.4 Å². The van der Waals surface area contributed by atoms with Gasteiger partial charge in [-0.3, -0.25) is 4.79 Å². The van der Waals surface area contributed by atoms with E-state index in [0.29, 0.717) is 33.5 Å². The molecular weight excluding hydrogens is 373 g/mol. The van der Waals surface area contributed by atoms with Crippen LogP contribution < -0.4 is 5.32 Å². The zero-order chi connectivity index (χ0) is 17.7. The first-order valence-corrected chi connectivity index (χ1v) is 8.28. The summed E-state index contributed by atoms with van der Waals surface area (Å²) in [5.41, 5.74) is 0.983. The average molecular weight is 387 g/mol. The minimum absolute atomic E-state index is 0.224. The first kappa shape index (κ1) is 18.6. The van der Waals surface area contributed by atoms with Crippen molar-refractivity contribution in [2.75, 3.05) is 11.9 Å². The van der Waals surface area contributed by atoms with E-state index in [0.717, 1.165) is 6.42 Å². The molecule has 0 aromatic heterocycles. The molecule has 0 fully saturated rings. The molecule has 2 aromatic rings. The van der Waals surface area contributed by atoms with Gasteiger partial charge in [0.05, 0.1) is 22.9 Å². The molecule has 7 heteroatoms. The van der Waals surface area contributed by atoms with Gasteiger partial charge in [0.2, 0.25) is 0 Å². The Morgan fingerprint density at radius 2 is 1.67 bits per heavy atom. The van der Waals surface area contributed by atoms with Gasteiger partial charge in [-0.1, -0.05) is 41.7 Å². The third-order valence-electron chi connectivity index (χ3n) is 3.02. The third-order valence-corrected chi connectivity index (χ3v) is 3.76. The van der Waals surface area contributed by atoms with Gasteiger partial charge in [0.25, 0.3) is 5.91 Å². The Bertz CT molecular complexity index is 757. The fourth-order valence-corrected chi connectivity index (χ4v) is 2.65. The number of anilines is 1. The van der Waals surface area contributed by atoms with Crippen molar-refractivity contribution in [1.82, 2.24) is 0 Å². The van der Waals surface area contributed by atoms with Crippen LogP contribution in [0.1, 0.15) is 34.1 Å². The van der Waals surface area contributed by atoms with E-state index in [9.17, 15) is 9.59 Å². The molecule has 0 atom stereocenters. The molecule has 4 nitrogen and oxygen atoms in total. The number of hydrogen-bond donors (Lipinski definition) is 1. The van der Waals surface area contributed by atoms with Crippen LogP contribution in [-0.4, -0.2) is 18.5 Å². The Hall–Kier alpha value is -1.75. The molecule has 126 valence electrons. The maximum Gasteiger partial charge on any atom is 0.338 e. The Morgan fingerprint density at radius 3 is 2.25 bits per heavy atom. The molecule has 0 aliphatic rings. The van der Waals surface area contributed by atoms with Gasteiger partial charge in [-0.25, -0.2) is 4.79 Å². The van der Waals surface area contributed by atoms with Gasteiger partial charge in [0.1, 0.15) is 0 Å². The zero-order valence-corrected chi connectivity index (χ0v) is 15.0. The molecule has 0 aliphatic carbocycles. The van der Waals surface area contributed by atoms with Crippen LogP contribution in [0.25, 0.3) is 0 Å². The molecule has 1 amide bonds. The summed E-state index contributed by atoms with van der Waals surface area (Å²) in [6, 6.07) is 9.03. The van der Waals surface area contributed by atoms with Gasteiger partial charge < -0.3 is 10.1 Å². The zero-order valence-electron chi connectivity index (χ0n) is 12.7. The SMILES string of the molecule is CCCOC(=O)c1ccc(NC(=O)c2cc(Cl)cc(Cl)c2)c(Cl)c1. The normalized spacial score (nSPS) is 10.3. The number of rotatable bonds is 5. The Labute approximate surface area is 154 Å². The number of esters is 1. The molecule has 1 N–H and O–H groups in total. The number of carbonyl (C=O) groups excluding carboxylic acids is 2. The van der Waals surface area contributed by atoms with E-state index < -0.39 is 11.9 Å². The van der Waals surface area contributed by atoms with Gasteiger partial charge in [-0.15, -0.1) is 0 Å². The Balaban J connectivity index is 2.15. The lowest BCUT2D eigenvalue weighted by atomic mass is 10.2. The second-order valence-electron chi connectivity index (χ2n) is 4.94. The molecule has 0 unspecified atom stereocenters. The number of nitrogens with one attached hydrogen (secondary N) is 1. The second kappa shape index (κ2) is 8.38. The van der Waals surface area contributed by atoms with Gasteiger partial charge in [-0.2, -0.15) is 0 Å². The van der Waals surface area contributed by atoms with Crippen molar-refractivity contribution >= 4 is 52.4 Å². The fourth-order valence-electron chi connectivity index (χ4n) is 1.90. The molecule has 0 bridgehead atoms. The molecule has 0 saturated heterocycles. The van der Waals surface area contributed by atoms with E-state index in [4.69, 9.17) is 39.5 Å². The maximum atomic E-state index is 12.3. The number of hydrogen-bond acceptors (Lipinski definition) is 3. The van der Waals surface area contributed by atoms with Gasteiger partial charge in [0.15, 0.2) is 0 Å². The summed E-state index contributed by atoms with van der Waals surface area (Å²) in [6.07, 6.45) is 0.732. The molecule has 24 heavy (non-hydrogen) atoms. The summed E-state index contributed by atoms with van der Waals surface area (Å²) in [7, 11) is 0. The van der Waals surface area contributed by atoms with E-state index >= 15 is 0 Å². The van der Waals surface area contributed by atoms with Crippen molar-refractivity contribution in [3.05, 3.63) is 62.6 Å². The lowest BCUT2D eigenvalue weighted by Gasteiger charge is -2.10. The Morgan fingerprint density at radius 1 is 1.00 bits per heavy atom. The smallest absolute Gasteiger partial charge is 0.338 e. The maximum absolute atomic E-state index is 12.3. The molecule has 2 aromatic carbocycles. The number of amides is 1. The van der Waals surface area contributed by atoms with Gasteiger partial charge in [0, 0.05) is 15.6 Å². The molecule has 0 radical (unpaired) electrons. The van der Waals surface area contributed by atoms with Crippen LogP contribution >= 0.6 is 34.8 Å². The van der Waals surface area contributed by atoms with Crippen molar-refractivity contribution < 1.29 is 14.3 Å². The van der Waals surface area contributed by atoms with Crippen LogP contribution in [0.2, 0.25) is 15.1 Å². The number of ether oxygens (including phenoxy) is 1. The molecule has 0 saturated carbocycles. The van der Waals surface area contributed by atoms with Gasteiger partial charge in [-0.05, 0) is 42.8 Å². The molecular formula is C17H14Cl3NO3. The second-order valence-corrected chi connectivity index (χ2v) is 6.22. The van der Waals surface area contributed by atoms with E-state index in [1.165, 1.54) is 36.4 Å². The summed E-state index contributed by atoms with van der Waals surface area (Å²) in [5.74, 6) is -0.874. The first-order valence-electron chi connectivity index (χ1n) is 7.15. The van der Waals surface area contributed by atoms with E-state index in [1.54, 1.807) is 0 Å². The first-order chi connectivity index (χ1) is 11.4. The van der Waals surface area contributed by atoms with Crippen LogP contribution in [0.3, 0.4) is 0 Å². The van der Waals surface area contributed by atoms with E-state index in [-0.39, 0.29) is 5.02 Å². The molecule has 0 heterocycles. The quantitative estimate of drug-likeness (QED) is 0.694. The molecule has 2 rings (SSSR count). The standard InChI is InChI=1S/C17H14Cl3NO3/c1-2-5-24-17(23)10-3-4-15(14(20)8-10)21-16(22)11-6-12(18)9-13(19)7-11/h3-4,6-9H,2,5H2,1H3,(H,21,22). The van der Waals surface area contributed by atoms with Crippen LogP contribution in [0, 0.1) is 0 Å². The summed E-state index contributed by atoms with van der Waals surface area (Å²) in [6.45, 7) is 2.24. The monoisotopic (exact) mass is 385 g/mol.